The number of hydrogen-bond acceptors (Lipinski definition) is 2. The predicted octanol–water partition coefficient (Wildman–Crippen LogP) is 2.70. The van der Waals surface area contributed by atoms with Gasteiger partial charge in [-0.05, 0) is 24.3 Å². The van der Waals surface area contributed by atoms with Crippen LogP contribution in [0.1, 0.15) is 0 Å². The van der Waals surface area contributed by atoms with Crippen LogP contribution in [0.4, 0.5) is 0 Å². The number of hydrogen-bond donors (Lipinski definition) is 1. The third-order valence-corrected chi connectivity index (χ3v) is 2.46. The van der Waals surface area contributed by atoms with Gasteiger partial charge in [0, 0.05) is 16.7 Å². The fraction of sp³-hybridized carbons (Fsp3) is 0.0833. The first-order valence-electron chi connectivity index (χ1n) is 4.74. The highest BCUT2D eigenvalue weighted by atomic mass is 35.5. The minimum Gasteiger partial charge on any atom is -0.496 e. The van der Waals surface area contributed by atoms with E-state index in [2.05, 4.69) is 4.98 Å². The Morgan fingerprint density at radius 1 is 1.25 bits per heavy atom. The summed E-state index contributed by atoms with van der Waals surface area (Å²) in [6.07, 6.45) is 0. The van der Waals surface area contributed by atoms with Gasteiger partial charge in [-0.1, -0.05) is 17.7 Å². The average Bonchev–Trinajstić information content (AvgIpc) is 2.29. The highest BCUT2D eigenvalue weighted by molar-refractivity contribution is 6.30. The fourth-order valence-corrected chi connectivity index (χ4v) is 1.67. The average molecular weight is 236 g/mol. The van der Waals surface area contributed by atoms with Crippen LogP contribution in [-0.2, 0) is 0 Å². The van der Waals surface area contributed by atoms with Gasteiger partial charge < -0.3 is 9.72 Å². The molecule has 0 radical (unpaired) electrons. The maximum Gasteiger partial charge on any atom is 0.248 e. The molecule has 0 bridgehead atoms. The van der Waals surface area contributed by atoms with E-state index in [9.17, 15) is 4.79 Å². The number of halogens is 1. The molecule has 0 aliphatic carbocycles. The van der Waals surface area contributed by atoms with Gasteiger partial charge in [-0.15, -0.1) is 0 Å². The van der Waals surface area contributed by atoms with Gasteiger partial charge in [-0.2, -0.15) is 0 Å². The summed E-state index contributed by atoms with van der Waals surface area (Å²) in [6, 6.07) is 10.2. The van der Waals surface area contributed by atoms with Crippen molar-refractivity contribution in [1.82, 2.24) is 4.98 Å². The molecule has 0 aliphatic heterocycles. The first-order chi connectivity index (χ1) is 7.70. The summed E-state index contributed by atoms with van der Waals surface area (Å²) in [7, 11) is 1.58. The number of pyridine rings is 1. The number of ether oxygens (including phenoxy) is 1. The van der Waals surface area contributed by atoms with Crippen molar-refractivity contribution in [3.05, 3.63) is 51.8 Å². The lowest BCUT2D eigenvalue weighted by Gasteiger charge is -2.08. The molecule has 0 atom stereocenters. The smallest absolute Gasteiger partial charge is 0.248 e. The third-order valence-electron chi connectivity index (χ3n) is 2.22. The molecule has 1 N–H and O–H groups in total. The summed E-state index contributed by atoms with van der Waals surface area (Å²) >= 11 is 5.92. The third kappa shape index (κ3) is 2.09. The van der Waals surface area contributed by atoms with Gasteiger partial charge in [0.2, 0.25) is 5.56 Å². The van der Waals surface area contributed by atoms with Gasteiger partial charge in [0.15, 0.2) is 0 Å². The number of aromatic nitrogens is 1. The summed E-state index contributed by atoms with van der Waals surface area (Å²) in [4.78, 5) is 14.0. The standard InChI is InChI=1S/C12H10ClNO2/c1-16-11-6-5-8(13)7-9(11)10-3-2-4-12(15)14-10/h2-7H,1H3,(H,14,15). The van der Waals surface area contributed by atoms with E-state index in [1.807, 2.05) is 0 Å². The minimum absolute atomic E-state index is 0.153. The number of methoxy groups -OCH3 is 1. The zero-order valence-corrected chi connectivity index (χ0v) is 9.41. The van der Waals surface area contributed by atoms with Crippen LogP contribution < -0.4 is 10.3 Å². The molecule has 1 aromatic heterocycles. The Morgan fingerprint density at radius 2 is 2.06 bits per heavy atom. The molecule has 0 unspecified atom stereocenters. The molecule has 0 saturated carbocycles. The zero-order valence-electron chi connectivity index (χ0n) is 8.66. The van der Waals surface area contributed by atoms with Gasteiger partial charge in [0.05, 0.1) is 12.8 Å². The van der Waals surface area contributed by atoms with E-state index in [1.54, 1.807) is 37.4 Å². The molecular formula is C12H10ClNO2. The molecule has 0 aliphatic rings. The monoisotopic (exact) mass is 235 g/mol. The molecule has 0 fully saturated rings. The summed E-state index contributed by atoms with van der Waals surface area (Å²) in [5.74, 6) is 0.672. The zero-order chi connectivity index (χ0) is 11.5. The number of rotatable bonds is 2. The van der Waals surface area contributed by atoms with E-state index in [-0.39, 0.29) is 5.56 Å². The molecule has 3 nitrogen and oxygen atoms in total. The van der Waals surface area contributed by atoms with Gasteiger partial charge in [-0.3, -0.25) is 4.79 Å². The second-order valence-electron chi connectivity index (χ2n) is 3.27. The quantitative estimate of drug-likeness (QED) is 0.870. The molecule has 16 heavy (non-hydrogen) atoms. The van der Waals surface area contributed by atoms with Crippen LogP contribution in [0.2, 0.25) is 5.02 Å². The largest absolute Gasteiger partial charge is 0.496 e. The van der Waals surface area contributed by atoms with Gasteiger partial charge in [0.25, 0.3) is 0 Å². The molecule has 82 valence electrons. The van der Waals surface area contributed by atoms with Crippen LogP contribution in [-0.4, -0.2) is 12.1 Å². The SMILES string of the molecule is COc1ccc(Cl)cc1-c1cccc(=O)[nH]1. The van der Waals surface area contributed by atoms with Crippen LogP contribution >= 0.6 is 11.6 Å². The maximum absolute atomic E-state index is 11.2. The van der Waals surface area contributed by atoms with Crippen molar-refractivity contribution in [3.8, 4) is 17.0 Å². The Labute approximate surface area is 97.7 Å². The van der Waals surface area contributed by atoms with E-state index in [1.165, 1.54) is 6.07 Å². The number of aromatic amines is 1. The first-order valence-corrected chi connectivity index (χ1v) is 5.12. The van der Waals surface area contributed by atoms with E-state index < -0.39 is 0 Å². The highest BCUT2D eigenvalue weighted by Crippen LogP contribution is 2.30. The van der Waals surface area contributed by atoms with Crippen LogP contribution in [0.25, 0.3) is 11.3 Å². The van der Waals surface area contributed by atoms with Crippen molar-refractivity contribution in [1.29, 1.82) is 0 Å². The van der Waals surface area contributed by atoms with Crippen LogP contribution in [0, 0.1) is 0 Å². The summed E-state index contributed by atoms with van der Waals surface area (Å²) in [5.41, 5.74) is 1.30. The van der Waals surface area contributed by atoms with Crippen LogP contribution in [0.5, 0.6) is 5.75 Å². The van der Waals surface area contributed by atoms with E-state index in [0.29, 0.717) is 16.5 Å². The Kier molecular flexibility index (Phi) is 2.97. The normalized spacial score (nSPS) is 10.1. The van der Waals surface area contributed by atoms with Gasteiger partial charge in [-0.25, -0.2) is 0 Å². The molecule has 1 heterocycles. The van der Waals surface area contributed by atoms with Crippen molar-refractivity contribution in [2.75, 3.05) is 7.11 Å². The highest BCUT2D eigenvalue weighted by Gasteiger charge is 2.06. The van der Waals surface area contributed by atoms with Crippen LogP contribution in [0.3, 0.4) is 0 Å². The lowest BCUT2D eigenvalue weighted by atomic mass is 10.1. The Hall–Kier alpha value is -1.74. The lowest BCUT2D eigenvalue weighted by molar-refractivity contribution is 0.416. The van der Waals surface area contributed by atoms with E-state index >= 15 is 0 Å². The second kappa shape index (κ2) is 4.41. The Bertz CT molecular complexity index is 563. The number of nitrogens with one attached hydrogen (secondary N) is 1. The van der Waals surface area contributed by atoms with E-state index in [0.717, 1.165) is 5.56 Å². The van der Waals surface area contributed by atoms with Crippen molar-refractivity contribution in [2.45, 2.75) is 0 Å². The van der Waals surface area contributed by atoms with E-state index in [4.69, 9.17) is 16.3 Å². The minimum atomic E-state index is -0.153. The van der Waals surface area contributed by atoms with Crippen molar-refractivity contribution < 1.29 is 4.74 Å². The molecule has 4 heteroatoms. The van der Waals surface area contributed by atoms with Crippen LogP contribution in [0.15, 0.2) is 41.2 Å². The Balaban J connectivity index is 2.62. The van der Waals surface area contributed by atoms with Crippen molar-refractivity contribution in [2.24, 2.45) is 0 Å². The Morgan fingerprint density at radius 3 is 2.75 bits per heavy atom. The molecule has 0 saturated heterocycles. The number of benzene rings is 1. The second-order valence-corrected chi connectivity index (χ2v) is 3.71. The predicted molar refractivity (Wildman–Crippen MR) is 64.1 cm³/mol. The molecule has 0 amide bonds. The van der Waals surface area contributed by atoms with Crippen molar-refractivity contribution in [3.63, 3.8) is 0 Å². The molecule has 1 aromatic carbocycles. The fourth-order valence-electron chi connectivity index (χ4n) is 1.50. The molecule has 2 rings (SSSR count). The number of H-pyrrole nitrogens is 1. The molecule has 2 aromatic rings. The van der Waals surface area contributed by atoms with Gasteiger partial charge in [0.1, 0.15) is 5.75 Å². The maximum atomic E-state index is 11.2. The molecule has 0 spiro atoms. The topological polar surface area (TPSA) is 42.1 Å². The van der Waals surface area contributed by atoms with Gasteiger partial charge >= 0.3 is 0 Å². The summed E-state index contributed by atoms with van der Waals surface area (Å²) in [5, 5.41) is 0.598. The first kappa shape index (κ1) is 10.8. The lowest BCUT2D eigenvalue weighted by Crippen LogP contribution is -2.04. The summed E-state index contributed by atoms with van der Waals surface area (Å²) < 4.78 is 5.21. The summed E-state index contributed by atoms with van der Waals surface area (Å²) in [6.45, 7) is 0. The van der Waals surface area contributed by atoms with Crippen molar-refractivity contribution >= 4 is 11.6 Å². The molecular weight excluding hydrogens is 226 g/mol.